The van der Waals surface area contributed by atoms with Gasteiger partial charge in [-0.15, -0.1) is 10.2 Å². The molecule has 0 aliphatic rings. The van der Waals surface area contributed by atoms with Gasteiger partial charge < -0.3 is 10.4 Å². The molecule has 3 aromatic rings. The normalized spacial score (nSPS) is 10.7. The van der Waals surface area contributed by atoms with Gasteiger partial charge in [0.1, 0.15) is 5.69 Å². The van der Waals surface area contributed by atoms with Crippen LogP contribution in [-0.2, 0) is 13.2 Å². The second-order valence-corrected chi connectivity index (χ2v) is 5.97. The lowest BCUT2D eigenvalue weighted by atomic mass is 10.2. The van der Waals surface area contributed by atoms with E-state index in [1.165, 1.54) is 4.80 Å². The highest BCUT2D eigenvalue weighted by Gasteiger charge is 2.19. The summed E-state index contributed by atoms with van der Waals surface area (Å²) in [6, 6.07) is 14.7. The highest BCUT2D eigenvalue weighted by atomic mass is 35.5. The number of hydrogen-bond donors (Lipinski definition) is 2. The van der Waals surface area contributed by atoms with Crippen LogP contribution in [0, 0.1) is 6.92 Å². The first kappa shape index (κ1) is 17.1. The maximum Gasteiger partial charge on any atom is 0.274 e. The van der Waals surface area contributed by atoms with Crippen molar-refractivity contribution in [3.05, 3.63) is 76.1 Å². The van der Waals surface area contributed by atoms with E-state index in [9.17, 15) is 9.90 Å². The molecule has 1 aromatic heterocycles. The fraction of sp³-hybridized carbons (Fsp3) is 0.167. The van der Waals surface area contributed by atoms with Gasteiger partial charge in [0.25, 0.3) is 5.91 Å². The van der Waals surface area contributed by atoms with Gasteiger partial charge in [0.05, 0.1) is 12.3 Å². The molecule has 0 radical (unpaired) electrons. The molecule has 2 N–H and O–H groups in total. The van der Waals surface area contributed by atoms with E-state index in [1.807, 2.05) is 43.3 Å². The van der Waals surface area contributed by atoms with Crippen LogP contribution in [0.25, 0.3) is 5.69 Å². The van der Waals surface area contributed by atoms with Gasteiger partial charge in [-0.1, -0.05) is 41.9 Å². The van der Waals surface area contributed by atoms with Crippen LogP contribution in [0.2, 0.25) is 5.02 Å². The molecule has 2 aromatic carbocycles. The molecular weight excluding hydrogens is 340 g/mol. The summed E-state index contributed by atoms with van der Waals surface area (Å²) < 4.78 is 0. The lowest BCUT2D eigenvalue weighted by molar-refractivity contribution is 0.0942. The largest absolute Gasteiger partial charge is 0.390 e. The number of halogens is 1. The van der Waals surface area contributed by atoms with Crippen LogP contribution in [0.5, 0.6) is 0 Å². The summed E-state index contributed by atoms with van der Waals surface area (Å²) in [4.78, 5) is 13.8. The van der Waals surface area contributed by atoms with E-state index in [0.29, 0.717) is 11.6 Å². The molecule has 0 aliphatic heterocycles. The molecular formula is C18H17ClN4O2. The van der Waals surface area contributed by atoms with Crippen LogP contribution in [0.1, 0.15) is 27.3 Å². The van der Waals surface area contributed by atoms with Crippen LogP contribution in [0.4, 0.5) is 0 Å². The summed E-state index contributed by atoms with van der Waals surface area (Å²) in [5, 5.41) is 21.4. The Balaban J connectivity index is 1.80. The molecule has 0 aliphatic carbocycles. The Morgan fingerprint density at radius 1 is 1.16 bits per heavy atom. The third kappa shape index (κ3) is 3.87. The molecule has 0 bridgehead atoms. The van der Waals surface area contributed by atoms with Gasteiger partial charge >= 0.3 is 0 Å². The molecule has 0 saturated carbocycles. The standard InChI is InChI=1S/C18H17ClN4O2/c1-12-4-2-3-5-16(12)23-21-15(11-24)17(22-23)18(25)20-10-13-6-8-14(19)9-7-13/h2-9,24H,10-11H2,1H3,(H,20,25). The number of aliphatic hydroxyl groups is 1. The number of aryl methyl sites for hydroxylation is 1. The number of hydrogen-bond acceptors (Lipinski definition) is 4. The summed E-state index contributed by atoms with van der Waals surface area (Å²) >= 11 is 5.85. The van der Waals surface area contributed by atoms with Crippen molar-refractivity contribution in [2.45, 2.75) is 20.1 Å². The van der Waals surface area contributed by atoms with Crippen LogP contribution in [0.15, 0.2) is 48.5 Å². The molecule has 128 valence electrons. The highest BCUT2D eigenvalue weighted by Crippen LogP contribution is 2.14. The van der Waals surface area contributed by atoms with Gasteiger partial charge in [0, 0.05) is 11.6 Å². The van der Waals surface area contributed by atoms with E-state index in [2.05, 4.69) is 15.5 Å². The Bertz CT molecular complexity index is 890. The molecule has 6 nitrogen and oxygen atoms in total. The molecule has 0 saturated heterocycles. The third-order valence-corrected chi connectivity index (χ3v) is 4.00. The number of benzene rings is 2. The molecule has 1 amide bonds. The molecule has 25 heavy (non-hydrogen) atoms. The number of amides is 1. The summed E-state index contributed by atoms with van der Waals surface area (Å²) in [7, 11) is 0. The quantitative estimate of drug-likeness (QED) is 0.736. The van der Waals surface area contributed by atoms with Gasteiger partial charge in [-0.25, -0.2) is 0 Å². The number of nitrogens with zero attached hydrogens (tertiary/aromatic N) is 3. The third-order valence-electron chi connectivity index (χ3n) is 3.75. The van der Waals surface area contributed by atoms with Crippen LogP contribution in [0.3, 0.4) is 0 Å². The average Bonchev–Trinajstić information content (AvgIpc) is 3.05. The van der Waals surface area contributed by atoms with Gasteiger partial charge in [-0.2, -0.15) is 4.80 Å². The second-order valence-electron chi connectivity index (χ2n) is 5.54. The van der Waals surface area contributed by atoms with Crippen LogP contribution in [-0.4, -0.2) is 26.0 Å². The van der Waals surface area contributed by atoms with E-state index < -0.39 is 0 Å². The minimum absolute atomic E-state index is 0.111. The number of rotatable bonds is 5. The van der Waals surface area contributed by atoms with Crippen LogP contribution >= 0.6 is 11.6 Å². The van der Waals surface area contributed by atoms with Crippen molar-refractivity contribution < 1.29 is 9.90 Å². The van der Waals surface area contributed by atoms with Crippen molar-refractivity contribution >= 4 is 17.5 Å². The Morgan fingerprint density at radius 2 is 1.88 bits per heavy atom. The maximum atomic E-state index is 12.4. The number of aromatic nitrogens is 3. The van der Waals surface area contributed by atoms with Crippen molar-refractivity contribution in [3.63, 3.8) is 0 Å². The first-order valence-electron chi connectivity index (χ1n) is 7.74. The molecule has 0 spiro atoms. The number of para-hydroxylation sites is 1. The van der Waals surface area contributed by atoms with E-state index in [4.69, 9.17) is 11.6 Å². The fourth-order valence-electron chi connectivity index (χ4n) is 2.38. The molecule has 0 unspecified atom stereocenters. The molecule has 0 atom stereocenters. The average molecular weight is 357 g/mol. The number of aliphatic hydroxyl groups excluding tert-OH is 1. The summed E-state index contributed by atoms with van der Waals surface area (Å²) in [5.74, 6) is -0.390. The Morgan fingerprint density at radius 3 is 2.56 bits per heavy atom. The summed E-state index contributed by atoms with van der Waals surface area (Å²) in [5.41, 5.74) is 2.98. The van der Waals surface area contributed by atoms with Gasteiger partial charge in [0.15, 0.2) is 5.69 Å². The smallest absolute Gasteiger partial charge is 0.274 e. The van der Waals surface area contributed by atoms with E-state index in [1.54, 1.807) is 12.1 Å². The van der Waals surface area contributed by atoms with E-state index in [-0.39, 0.29) is 23.9 Å². The Kier molecular flexibility index (Phi) is 5.11. The number of carbonyl (C=O) groups is 1. The first-order valence-corrected chi connectivity index (χ1v) is 8.12. The predicted molar refractivity (Wildman–Crippen MR) is 94.6 cm³/mol. The lowest BCUT2D eigenvalue weighted by Crippen LogP contribution is -2.24. The van der Waals surface area contributed by atoms with Gasteiger partial charge in [0.2, 0.25) is 0 Å². The number of nitrogens with one attached hydrogen (secondary N) is 1. The zero-order valence-electron chi connectivity index (χ0n) is 13.6. The fourth-order valence-corrected chi connectivity index (χ4v) is 2.51. The molecule has 3 rings (SSSR count). The lowest BCUT2D eigenvalue weighted by Gasteiger charge is -2.04. The molecule has 7 heteroatoms. The van der Waals surface area contributed by atoms with E-state index >= 15 is 0 Å². The van der Waals surface area contributed by atoms with Gasteiger partial charge in [-0.05, 0) is 36.2 Å². The second kappa shape index (κ2) is 7.46. The minimum Gasteiger partial charge on any atom is -0.390 e. The first-order chi connectivity index (χ1) is 12.1. The number of carbonyl (C=O) groups excluding carboxylic acids is 1. The van der Waals surface area contributed by atoms with Crippen molar-refractivity contribution in [1.82, 2.24) is 20.3 Å². The zero-order valence-corrected chi connectivity index (χ0v) is 14.4. The van der Waals surface area contributed by atoms with Gasteiger partial charge in [-0.3, -0.25) is 4.79 Å². The monoisotopic (exact) mass is 356 g/mol. The summed E-state index contributed by atoms with van der Waals surface area (Å²) in [6.45, 7) is 1.89. The molecule has 0 fully saturated rings. The topological polar surface area (TPSA) is 80.0 Å². The SMILES string of the molecule is Cc1ccccc1-n1nc(CO)c(C(=O)NCc2ccc(Cl)cc2)n1. The summed E-state index contributed by atoms with van der Waals surface area (Å²) in [6.07, 6.45) is 0. The van der Waals surface area contributed by atoms with Crippen molar-refractivity contribution in [3.8, 4) is 5.69 Å². The van der Waals surface area contributed by atoms with Crippen molar-refractivity contribution in [2.24, 2.45) is 0 Å². The predicted octanol–water partition coefficient (Wildman–Crippen LogP) is 2.65. The van der Waals surface area contributed by atoms with Crippen molar-refractivity contribution in [2.75, 3.05) is 0 Å². The minimum atomic E-state index is -0.390. The van der Waals surface area contributed by atoms with Crippen molar-refractivity contribution in [1.29, 1.82) is 0 Å². The maximum absolute atomic E-state index is 12.4. The zero-order chi connectivity index (χ0) is 17.8. The highest BCUT2D eigenvalue weighted by molar-refractivity contribution is 6.30. The van der Waals surface area contributed by atoms with E-state index in [0.717, 1.165) is 16.8 Å². The Hall–Kier alpha value is -2.70. The molecule has 1 heterocycles. The van der Waals surface area contributed by atoms with Crippen LogP contribution < -0.4 is 5.32 Å². The Labute approximate surface area is 150 Å².